The highest BCUT2D eigenvalue weighted by Crippen LogP contribution is 2.02. The molecule has 0 aliphatic rings. The van der Waals surface area contributed by atoms with Gasteiger partial charge in [-0.2, -0.15) is 0 Å². The molecule has 0 unspecified atom stereocenters. The zero-order chi connectivity index (χ0) is 7.66. The lowest BCUT2D eigenvalue weighted by atomic mass is 10.2. The van der Waals surface area contributed by atoms with Gasteiger partial charge in [-0.05, 0) is 18.9 Å². The van der Waals surface area contributed by atoms with E-state index in [-0.39, 0.29) is 0 Å². The molecule has 10 heavy (non-hydrogen) atoms. The number of unbranched alkanes of at least 4 members (excludes halogenated alkanes) is 4. The number of methoxy groups -OCH3 is 1. The summed E-state index contributed by atoms with van der Waals surface area (Å²) < 4.78 is 4.76. The molecule has 59 valence electrons. The van der Waals surface area contributed by atoms with Crippen LogP contribution in [0.4, 0.5) is 0 Å². The van der Waals surface area contributed by atoms with Gasteiger partial charge < -0.3 is 4.74 Å². The highest BCUT2D eigenvalue weighted by molar-refractivity contribution is 4.72. The number of allylic oxidation sites excluding steroid dienone is 1. The lowest BCUT2D eigenvalue weighted by molar-refractivity contribution is 0.336. The first-order valence-corrected chi connectivity index (χ1v) is 3.89. The van der Waals surface area contributed by atoms with Gasteiger partial charge in [0.1, 0.15) is 0 Å². The van der Waals surface area contributed by atoms with Crippen molar-refractivity contribution in [2.45, 2.75) is 32.1 Å². The summed E-state index contributed by atoms with van der Waals surface area (Å²) in [6.07, 6.45) is 9.79. The Morgan fingerprint density at radius 1 is 1.30 bits per heavy atom. The van der Waals surface area contributed by atoms with Crippen molar-refractivity contribution in [1.29, 1.82) is 0 Å². The van der Waals surface area contributed by atoms with Crippen molar-refractivity contribution in [3.05, 3.63) is 19.3 Å². The molecule has 0 N–H and O–H groups in total. The molecular weight excluding hydrogens is 124 g/mol. The monoisotopic (exact) mass is 141 g/mol. The number of hydrogen-bond acceptors (Lipinski definition) is 1. The summed E-state index contributed by atoms with van der Waals surface area (Å²) in [4.78, 5) is 0. The Hall–Kier alpha value is -0.460. The summed E-state index contributed by atoms with van der Waals surface area (Å²) in [5.41, 5.74) is 0. The Kier molecular flexibility index (Phi) is 8.15. The zero-order valence-electron chi connectivity index (χ0n) is 6.81. The van der Waals surface area contributed by atoms with E-state index in [0.29, 0.717) is 0 Å². The Morgan fingerprint density at radius 2 is 2.10 bits per heavy atom. The first-order valence-electron chi connectivity index (χ1n) is 3.89. The SMILES string of the molecule is [CH2]CCCCC/C=C/OC. The third-order valence-electron chi connectivity index (χ3n) is 1.35. The molecule has 0 atom stereocenters. The van der Waals surface area contributed by atoms with Crippen LogP contribution < -0.4 is 0 Å². The second-order valence-corrected chi connectivity index (χ2v) is 2.31. The van der Waals surface area contributed by atoms with E-state index in [1.54, 1.807) is 13.4 Å². The zero-order valence-corrected chi connectivity index (χ0v) is 6.81. The van der Waals surface area contributed by atoms with Crippen molar-refractivity contribution in [2.75, 3.05) is 7.11 Å². The molecule has 0 fully saturated rings. The first-order chi connectivity index (χ1) is 4.91. The van der Waals surface area contributed by atoms with Crippen molar-refractivity contribution in [3.8, 4) is 0 Å². The lowest BCUT2D eigenvalue weighted by Gasteiger charge is -1.93. The maximum Gasteiger partial charge on any atom is 0.0784 e. The summed E-state index contributed by atoms with van der Waals surface area (Å²) >= 11 is 0. The van der Waals surface area contributed by atoms with Crippen molar-refractivity contribution in [1.82, 2.24) is 0 Å². The summed E-state index contributed by atoms with van der Waals surface area (Å²) in [6.45, 7) is 3.78. The van der Waals surface area contributed by atoms with Gasteiger partial charge in [0, 0.05) is 0 Å². The Morgan fingerprint density at radius 3 is 2.70 bits per heavy atom. The van der Waals surface area contributed by atoms with E-state index in [0.717, 1.165) is 12.8 Å². The highest BCUT2D eigenvalue weighted by atomic mass is 16.5. The standard InChI is InChI=1S/C9H17O/c1-3-4-5-6-7-8-9-10-2/h8-9H,1,3-7H2,2H3/b9-8+. The van der Waals surface area contributed by atoms with Gasteiger partial charge in [0.2, 0.25) is 0 Å². The van der Waals surface area contributed by atoms with E-state index in [1.165, 1.54) is 19.3 Å². The summed E-state index contributed by atoms with van der Waals surface area (Å²) in [6, 6.07) is 0. The normalized spacial score (nSPS) is 10.6. The van der Waals surface area contributed by atoms with E-state index in [4.69, 9.17) is 4.74 Å². The van der Waals surface area contributed by atoms with Crippen molar-refractivity contribution >= 4 is 0 Å². The maximum absolute atomic E-state index is 4.76. The smallest absolute Gasteiger partial charge is 0.0784 e. The number of ether oxygens (including phenoxy) is 1. The first kappa shape index (κ1) is 9.54. The van der Waals surface area contributed by atoms with Gasteiger partial charge in [-0.3, -0.25) is 0 Å². The molecule has 0 bridgehead atoms. The molecule has 0 aromatic heterocycles. The fraction of sp³-hybridized carbons (Fsp3) is 0.667. The van der Waals surface area contributed by atoms with E-state index in [1.807, 2.05) is 0 Å². The van der Waals surface area contributed by atoms with Gasteiger partial charge in [-0.1, -0.05) is 26.2 Å². The molecule has 0 saturated carbocycles. The highest BCUT2D eigenvalue weighted by Gasteiger charge is 1.83. The lowest BCUT2D eigenvalue weighted by Crippen LogP contribution is -1.74. The minimum atomic E-state index is 1.06. The van der Waals surface area contributed by atoms with Gasteiger partial charge >= 0.3 is 0 Å². The Balaban J connectivity index is 2.83. The molecule has 0 aromatic rings. The molecule has 0 amide bonds. The average Bonchev–Trinajstić information content (AvgIpc) is 1.97. The molecule has 1 nitrogen and oxygen atoms in total. The van der Waals surface area contributed by atoms with E-state index in [9.17, 15) is 0 Å². The van der Waals surface area contributed by atoms with Crippen LogP contribution in [0, 0.1) is 6.92 Å². The number of rotatable bonds is 6. The van der Waals surface area contributed by atoms with Crippen molar-refractivity contribution < 1.29 is 4.74 Å². The van der Waals surface area contributed by atoms with E-state index >= 15 is 0 Å². The summed E-state index contributed by atoms with van der Waals surface area (Å²) in [5.74, 6) is 0. The molecule has 1 heteroatoms. The van der Waals surface area contributed by atoms with Crippen LogP contribution in [0.1, 0.15) is 32.1 Å². The molecule has 0 rings (SSSR count). The Bertz CT molecular complexity index is 76.8. The maximum atomic E-state index is 4.76. The van der Waals surface area contributed by atoms with Gasteiger partial charge in [0.05, 0.1) is 13.4 Å². The fourth-order valence-electron chi connectivity index (χ4n) is 0.780. The molecule has 0 spiro atoms. The van der Waals surface area contributed by atoms with Crippen LogP contribution in [-0.4, -0.2) is 7.11 Å². The average molecular weight is 141 g/mol. The second-order valence-electron chi connectivity index (χ2n) is 2.31. The van der Waals surface area contributed by atoms with Crippen LogP contribution in [0.5, 0.6) is 0 Å². The third kappa shape index (κ3) is 7.54. The molecule has 0 saturated heterocycles. The molecule has 0 aromatic carbocycles. The largest absolute Gasteiger partial charge is 0.505 e. The van der Waals surface area contributed by atoms with Crippen molar-refractivity contribution in [2.24, 2.45) is 0 Å². The molecular formula is C9H17O. The topological polar surface area (TPSA) is 9.23 Å². The molecule has 1 radical (unpaired) electrons. The quantitative estimate of drug-likeness (QED) is 0.408. The van der Waals surface area contributed by atoms with Crippen LogP contribution in [0.25, 0.3) is 0 Å². The molecule has 0 aliphatic heterocycles. The minimum absolute atomic E-state index is 1.06. The van der Waals surface area contributed by atoms with Crippen LogP contribution in [0.3, 0.4) is 0 Å². The van der Waals surface area contributed by atoms with Gasteiger partial charge in [0.25, 0.3) is 0 Å². The van der Waals surface area contributed by atoms with Crippen LogP contribution in [0.2, 0.25) is 0 Å². The summed E-state index contributed by atoms with van der Waals surface area (Å²) in [7, 11) is 1.67. The van der Waals surface area contributed by atoms with Crippen LogP contribution in [-0.2, 0) is 4.74 Å². The van der Waals surface area contributed by atoms with Crippen LogP contribution in [0.15, 0.2) is 12.3 Å². The molecule has 0 heterocycles. The van der Waals surface area contributed by atoms with E-state index in [2.05, 4.69) is 13.0 Å². The second kappa shape index (κ2) is 8.54. The van der Waals surface area contributed by atoms with Crippen LogP contribution >= 0.6 is 0 Å². The predicted octanol–water partition coefficient (Wildman–Crippen LogP) is 2.93. The van der Waals surface area contributed by atoms with Gasteiger partial charge in [-0.25, -0.2) is 0 Å². The fourth-order valence-corrected chi connectivity index (χ4v) is 0.780. The van der Waals surface area contributed by atoms with Gasteiger partial charge in [-0.15, -0.1) is 0 Å². The van der Waals surface area contributed by atoms with E-state index < -0.39 is 0 Å². The van der Waals surface area contributed by atoms with Crippen molar-refractivity contribution in [3.63, 3.8) is 0 Å². The van der Waals surface area contributed by atoms with Gasteiger partial charge in [0.15, 0.2) is 0 Å². The molecule has 0 aliphatic carbocycles. The minimum Gasteiger partial charge on any atom is -0.505 e. The summed E-state index contributed by atoms with van der Waals surface area (Å²) in [5, 5.41) is 0. The number of hydrogen-bond donors (Lipinski definition) is 0. The third-order valence-corrected chi connectivity index (χ3v) is 1.35. The Labute approximate surface area is 64.1 Å². The predicted molar refractivity (Wildman–Crippen MR) is 44.6 cm³/mol.